The van der Waals surface area contributed by atoms with Crippen molar-refractivity contribution in [3.05, 3.63) is 52.0 Å². The molecule has 0 saturated carbocycles. The number of rotatable bonds is 4. The van der Waals surface area contributed by atoms with Gasteiger partial charge in [-0.25, -0.2) is 18.0 Å². The summed E-state index contributed by atoms with van der Waals surface area (Å²) in [5, 5.41) is 0. The monoisotopic (exact) mass is 378 g/mol. The first-order chi connectivity index (χ1) is 12.1. The number of allylic oxidation sites excluding steroid dienone is 4. The molecule has 0 aromatic heterocycles. The number of carbonyl (C=O) groups excluding carboxylic acids is 4. The summed E-state index contributed by atoms with van der Waals surface area (Å²) in [5.74, 6) is -3.41. The molecule has 0 heterocycles. The maximum absolute atomic E-state index is 13.0. The molecule has 1 aromatic rings. The molecule has 8 nitrogen and oxygen atoms in total. The van der Waals surface area contributed by atoms with Gasteiger partial charge in [0.2, 0.25) is 9.84 Å². The fourth-order valence-electron chi connectivity index (χ4n) is 2.38. The summed E-state index contributed by atoms with van der Waals surface area (Å²) in [4.78, 5) is 46.0. The van der Waals surface area contributed by atoms with E-state index in [1.807, 2.05) is 0 Å². The van der Waals surface area contributed by atoms with Crippen molar-refractivity contribution < 1.29 is 37.1 Å². The molecular weight excluding hydrogens is 364 g/mol. The van der Waals surface area contributed by atoms with Crippen LogP contribution in [-0.4, -0.2) is 46.1 Å². The number of benzene rings is 1. The molecule has 1 aromatic carbocycles. The van der Waals surface area contributed by atoms with Gasteiger partial charge in [0, 0.05) is 6.08 Å². The summed E-state index contributed by atoms with van der Waals surface area (Å²) in [6.45, 7) is 1.40. The van der Waals surface area contributed by atoms with Crippen molar-refractivity contribution in [2.75, 3.05) is 14.2 Å². The lowest BCUT2D eigenvalue weighted by molar-refractivity contribution is -0.114. The molecule has 1 aliphatic rings. The molecule has 0 amide bonds. The van der Waals surface area contributed by atoms with E-state index >= 15 is 0 Å². The highest BCUT2D eigenvalue weighted by Gasteiger charge is 2.34. The maximum Gasteiger partial charge on any atom is 0.339 e. The zero-order chi connectivity index (χ0) is 19.6. The van der Waals surface area contributed by atoms with E-state index in [-0.39, 0.29) is 16.7 Å². The van der Waals surface area contributed by atoms with Crippen LogP contribution in [0.4, 0.5) is 0 Å². The van der Waals surface area contributed by atoms with Gasteiger partial charge in [-0.3, -0.25) is 9.59 Å². The Balaban J connectivity index is 2.83. The Labute approximate surface area is 149 Å². The molecule has 26 heavy (non-hydrogen) atoms. The standard InChI is InChI=1S/C17H14O8S/c1-9-6-10(16(20)24-2)7-14(15(9)17(21)25-3)26(22,23)13-8-11(18)4-5-12(13)19/h4-8H,1-3H3. The van der Waals surface area contributed by atoms with Crippen LogP contribution in [0.25, 0.3) is 0 Å². The van der Waals surface area contributed by atoms with E-state index in [4.69, 9.17) is 0 Å². The van der Waals surface area contributed by atoms with E-state index < -0.39 is 43.1 Å². The van der Waals surface area contributed by atoms with Crippen molar-refractivity contribution in [2.24, 2.45) is 0 Å². The molecule has 0 N–H and O–H groups in total. The van der Waals surface area contributed by atoms with Gasteiger partial charge in [-0.05, 0) is 36.8 Å². The Morgan fingerprint density at radius 2 is 1.58 bits per heavy atom. The largest absolute Gasteiger partial charge is 0.465 e. The Morgan fingerprint density at radius 1 is 0.962 bits per heavy atom. The molecule has 0 unspecified atom stereocenters. The number of ether oxygens (including phenoxy) is 2. The van der Waals surface area contributed by atoms with Crippen molar-refractivity contribution in [3.63, 3.8) is 0 Å². The van der Waals surface area contributed by atoms with E-state index in [2.05, 4.69) is 9.47 Å². The highest BCUT2D eigenvalue weighted by Crippen LogP contribution is 2.29. The van der Waals surface area contributed by atoms with Gasteiger partial charge in [-0.15, -0.1) is 0 Å². The Morgan fingerprint density at radius 3 is 2.15 bits per heavy atom. The molecule has 2 rings (SSSR count). The van der Waals surface area contributed by atoms with Crippen LogP contribution in [0.1, 0.15) is 26.3 Å². The summed E-state index contributed by atoms with van der Waals surface area (Å²) in [6, 6.07) is 2.18. The quantitative estimate of drug-likeness (QED) is 0.560. The second-order valence-electron chi connectivity index (χ2n) is 5.26. The van der Waals surface area contributed by atoms with Crippen LogP contribution in [0, 0.1) is 6.92 Å². The number of carbonyl (C=O) groups is 4. The summed E-state index contributed by atoms with van der Waals surface area (Å²) in [6.07, 6.45) is 2.42. The summed E-state index contributed by atoms with van der Waals surface area (Å²) < 4.78 is 35.1. The minimum atomic E-state index is -4.59. The van der Waals surface area contributed by atoms with Gasteiger partial charge in [0.1, 0.15) is 4.91 Å². The minimum Gasteiger partial charge on any atom is -0.465 e. The van der Waals surface area contributed by atoms with Crippen molar-refractivity contribution in [3.8, 4) is 0 Å². The SMILES string of the molecule is COC(=O)c1cc(C)c(C(=O)OC)c(S(=O)(=O)C2=CC(=O)C=CC2=O)c1. The van der Waals surface area contributed by atoms with E-state index in [1.54, 1.807) is 0 Å². The molecule has 0 aliphatic heterocycles. The highest BCUT2D eigenvalue weighted by molar-refractivity contribution is 7.96. The first kappa shape index (κ1) is 19.3. The molecule has 0 spiro atoms. The predicted octanol–water partition coefficient (Wildman–Crippen LogP) is 0.934. The fourth-order valence-corrected chi connectivity index (χ4v) is 4.02. The molecule has 1 aliphatic carbocycles. The average Bonchev–Trinajstić information content (AvgIpc) is 2.61. The average molecular weight is 378 g/mol. The van der Waals surface area contributed by atoms with Crippen molar-refractivity contribution in [1.29, 1.82) is 0 Å². The number of hydrogen-bond donors (Lipinski definition) is 0. The third-order valence-electron chi connectivity index (χ3n) is 3.60. The molecule has 136 valence electrons. The van der Waals surface area contributed by atoms with Crippen LogP contribution in [0.5, 0.6) is 0 Å². The van der Waals surface area contributed by atoms with Gasteiger partial charge in [-0.2, -0.15) is 0 Å². The number of esters is 2. The Bertz CT molecular complexity index is 996. The van der Waals surface area contributed by atoms with E-state index in [0.29, 0.717) is 6.08 Å². The number of ketones is 2. The first-order valence-corrected chi connectivity index (χ1v) is 8.66. The van der Waals surface area contributed by atoms with E-state index in [9.17, 15) is 27.6 Å². The third kappa shape index (κ3) is 3.33. The number of sulfone groups is 1. The normalized spacial score (nSPS) is 14.0. The zero-order valence-electron chi connectivity index (χ0n) is 14.1. The number of hydrogen-bond acceptors (Lipinski definition) is 8. The van der Waals surface area contributed by atoms with E-state index in [0.717, 1.165) is 32.4 Å². The van der Waals surface area contributed by atoms with Crippen LogP contribution < -0.4 is 0 Å². The molecule has 0 bridgehead atoms. The lowest BCUT2D eigenvalue weighted by atomic mass is 10.0. The van der Waals surface area contributed by atoms with Crippen LogP contribution >= 0.6 is 0 Å². The van der Waals surface area contributed by atoms with Crippen molar-refractivity contribution in [1.82, 2.24) is 0 Å². The van der Waals surface area contributed by atoms with Gasteiger partial charge in [-0.1, -0.05) is 0 Å². The van der Waals surface area contributed by atoms with E-state index in [1.165, 1.54) is 13.0 Å². The second-order valence-corrected chi connectivity index (χ2v) is 7.15. The minimum absolute atomic E-state index is 0.129. The Kier molecular flexibility index (Phi) is 5.22. The maximum atomic E-state index is 13.0. The second kappa shape index (κ2) is 7.04. The third-order valence-corrected chi connectivity index (χ3v) is 5.40. The number of aryl methyl sites for hydroxylation is 1. The summed E-state index contributed by atoms with van der Waals surface area (Å²) >= 11 is 0. The topological polar surface area (TPSA) is 121 Å². The molecule has 0 fully saturated rings. The smallest absolute Gasteiger partial charge is 0.339 e. The van der Waals surface area contributed by atoms with Crippen LogP contribution in [0.2, 0.25) is 0 Å². The van der Waals surface area contributed by atoms with Crippen LogP contribution in [0.3, 0.4) is 0 Å². The summed E-state index contributed by atoms with van der Waals surface area (Å²) in [7, 11) is -2.42. The van der Waals surface area contributed by atoms with Gasteiger partial charge in [0.15, 0.2) is 11.6 Å². The van der Waals surface area contributed by atoms with Gasteiger partial charge >= 0.3 is 11.9 Å². The molecule has 0 radical (unpaired) electrons. The van der Waals surface area contributed by atoms with Crippen molar-refractivity contribution >= 4 is 33.3 Å². The van der Waals surface area contributed by atoms with Crippen molar-refractivity contribution in [2.45, 2.75) is 11.8 Å². The Hall–Kier alpha value is -3.07. The lowest BCUT2D eigenvalue weighted by Crippen LogP contribution is -2.21. The molecule has 0 atom stereocenters. The van der Waals surface area contributed by atoms with Crippen LogP contribution in [0.15, 0.2) is 40.2 Å². The summed E-state index contributed by atoms with van der Waals surface area (Å²) in [5.41, 5.74) is -0.345. The van der Waals surface area contributed by atoms with Gasteiger partial charge < -0.3 is 9.47 Å². The van der Waals surface area contributed by atoms with Gasteiger partial charge in [0.25, 0.3) is 0 Å². The van der Waals surface area contributed by atoms with Crippen LogP contribution in [-0.2, 0) is 28.9 Å². The zero-order valence-corrected chi connectivity index (χ0v) is 14.9. The van der Waals surface area contributed by atoms with Gasteiger partial charge in [0.05, 0.1) is 30.2 Å². The lowest BCUT2D eigenvalue weighted by Gasteiger charge is -2.15. The first-order valence-electron chi connectivity index (χ1n) is 7.18. The fraction of sp³-hybridized carbons (Fsp3) is 0.176. The highest BCUT2D eigenvalue weighted by atomic mass is 32.2. The molecule has 0 saturated heterocycles. The number of methoxy groups -OCH3 is 2. The predicted molar refractivity (Wildman–Crippen MR) is 88.3 cm³/mol. The molecule has 9 heteroatoms. The molecular formula is C17H14O8S.